The van der Waals surface area contributed by atoms with Gasteiger partial charge in [0, 0.05) is 11.6 Å². The van der Waals surface area contributed by atoms with Gasteiger partial charge in [-0.3, -0.25) is 4.98 Å². The Labute approximate surface area is 94.5 Å². The number of benzene rings is 1. The van der Waals surface area contributed by atoms with Crippen molar-refractivity contribution >= 4 is 10.9 Å². The van der Waals surface area contributed by atoms with Gasteiger partial charge < -0.3 is 0 Å². The minimum atomic E-state index is 0.0390. The van der Waals surface area contributed by atoms with E-state index in [4.69, 9.17) is 0 Å². The van der Waals surface area contributed by atoms with E-state index >= 15 is 0 Å². The van der Waals surface area contributed by atoms with Crippen molar-refractivity contribution in [1.29, 1.82) is 5.26 Å². The first kappa shape index (κ1) is 9.35. The standard InChI is InChI=1S/C14H12N2/c15-8-13(10-5-6-10)12-7-11-3-1-2-4-14(11)16-9-12/h1-4,7,9-10,13H,5-6H2. The summed E-state index contributed by atoms with van der Waals surface area (Å²) in [5.74, 6) is 0.602. The maximum Gasteiger partial charge on any atom is 0.0755 e. The molecular weight excluding hydrogens is 196 g/mol. The lowest BCUT2D eigenvalue weighted by molar-refractivity contribution is 0.738. The molecule has 16 heavy (non-hydrogen) atoms. The van der Waals surface area contributed by atoms with E-state index in [-0.39, 0.29) is 5.92 Å². The largest absolute Gasteiger partial charge is 0.256 e. The SMILES string of the molecule is N#CC(c1cnc2ccccc2c1)C1CC1. The molecule has 1 aliphatic rings. The van der Waals surface area contributed by atoms with Crippen LogP contribution in [0.3, 0.4) is 0 Å². The molecule has 0 radical (unpaired) electrons. The molecule has 1 heterocycles. The lowest BCUT2D eigenvalue weighted by Gasteiger charge is -2.08. The quantitative estimate of drug-likeness (QED) is 0.759. The van der Waals surface area contributed by atoms with Crippen molar-refractivity contribution in [3.8, 4) is 6.07 Å². The van der Waals surface area contributed by atoms with E-state index < -0.39 is 0 Å². The Morgan fingerprint density at radius 2 is 2.12 bits per heavy atom. The molecule has 1 saturated carbocycles. The molecule has 0 N–H and O–H groups in total. The number of hydrogen-bond acceptors (Lipinski definition) is 2. The fourth-order valence-corrected chi connectivity index (χ4v) is 2.14. The van der Waals surface area contributed by atoms with Gasteiger partial charge in [-0.2, -0.15) is 5.26 Å². The summed E-state index contributed by atoms with van der Waals surface area (Å²) in [6.45, 7) is 0. The molecule has 1 unspecified atom stereocenters. The van der Waals surface area contributed by atoms with Gasteiger partial charge in [0.25, 0.3) is 0 Å². The second-order valence-electron chi connectivity index (χ2n) is 4.41. The monoisotopic (exact) mass is 208 g/mol. The van der Waals surface area contributed by atoms with E-state index in [2.05, 4.69) is 17.1 Å². The summed E-state index contributed by atoms with van der Waals surface area (Å²) >= 11 is 0. The normalized spacial score (nSPS) is 16.9. The number of para-hydroxylation sites is 1. The van der Waals surface area contributed by atoms with E-state index in [1.165, 1.54) is 12.8 Å². The molecule has 0 aliphatic heterocycles. The fourth-order valence-electron chi connectivity index (χ4n) is 2.14. The van der Waals surface area contributed by atoms with Gasteiger partial charge in [0.2, 0.25) is 0 Å². The van der Waals surface area contributed by atoms with Crippen LogP contribution in [0.15, 0.2) is 36.5 Å². The number of hydrogen-bond donors (Lipinski definition) is 0. The zero-order valence-electron chi connectivity index (χ0n) is 8.93. The van der Waals surface area contributed by atoms with Crippen LogP contribution in [0.4, 0.5) is 0 Å². The number of nitriles is 1. The summed E-state index contributed by atoms with van der Waals surface area (Å²) < 4.78 is 0. The molecular formula is C14H12N2. The van der Waals surface area contributed by atoms with Crippen LogP contribution >= 0.6 is 0 Å². The van der Waals surface area contributed by atoms with Crippen molar-refractivity contribution in [2.75, 3.05) is 0 Å². The Morgan fingerprint density at radius 1 is 1.31 bits per heavy atom. The first-order chi connectivity index (χ1) is 7.88. The molecule has 1 aliphatic carbocycles. The Balaban J connectivity index is 2.07. The second kappa shape index (κ2) is 3.61. The highest BCUT2D eigenvalue weighted by Gasteiger charge is 2.32. The number of pyridine rings is 1. The van der Waals surface area contributed by atoms with Gasteiger partial charge in [0.15, 0.2) is 0 Å². The van der Waals surface area contributed by atoms with Crippen molar-refractivity contribution < 1.29 is 0 Å². The summed E-state index contributed by atoms with van der Waals surface area (Å²) in [4.78, 5) is 4.41. The Morgan fingerprint density at radius 3 is 2.88 bits per heavy atom. The number of nitrogens with zero attached hydrogens (tertiary/aromatic N) is 2. The topological polar surface area (TPSA) is 36.7 Å². The maximum atomic E-state index is 9.18. The number of aromatic nitrogens is 1. The van der Waals surface area contributed by atoms with Crippen LogP contribution in [0, 0.1) is 17.2 Å². The van der Waals surface area contributed by atoms with Crippen molar-refractivity contribution in [3.63, 3.8) is 0 Å². The molecule has 2 aromatic rings. The molecule has 3 rings (SSSR count). The smallest absolute Gasteiger partial charge is 0.0755 e. The van der Waals surface area contributed by atoms with Gasteiger partial charge in [-0.1, -0.05) is 18.2 Å². The minimum absolute atomic E-state index is 0.0390. The zero-order chi connectivity index (χ0) is 11.0. The number of fused-ring (bicyclic) bond motifs is 1. The highest BCUT2D eigenvalue weighted by molar-refractivity contribution is 5.78. The molecule has 1 aromatic heterocycles. The van der Waals surface area contributed by atoms with Crippen molar-refractivity contribution in [3.05, 3.63) is 42.1 Å². The molecule has 2 heteroatoms. The van der Waals surface area contributed by atoms with Crippen LogP contribution < -0.4 is 0 Å². The Bertz CT molecular complexity index is 564. The predicted molar refractivity (Wildman–Crippen MR) is 62.8 cm³/mol. The first-order valence-electron chi connectivity index (χ1n) is 5.63. The van der Waals surface area contributed by atoms with Crippen molar-refractivity contribution in [2.45, 2.75) is 18.8 Å². The van der Waals surface area contributed by atoms with Gasteiger partial charge in [-0.15, -0.1) is 0 Å². The summed E-state index contributed by atoms with van der Waals surface area (Å²) in [6.07, 6.45) is 4.23. The fraction of sp³-hybridized carbons (Fsp3) is 0.286. The highest BCUT2D eigenvalue weighted by Crippen LogP contribution is 2.42. The molecule has 1 atom stereocenters. The molecule has 2 nitrogen and oxygen atoms in total. The minimum Gasteiger partial charge on any atom is -0.256 e. The summed E-state index contributed by atoms with van der Waals surface area (Å²) in [5, 5.41) is 10.3. The number of rotatable bonds is 2. The maximum absolute atomic E-state index is 9.18. The average Bonchev–Trinajstić information content (AvgIpc) is 3.14. The third kappa shape index (κ3) is 1.55. The summed E-state index contributed by atoms with van der Waals surface area (Å²) in [7, 11) is 0. The van der Waals surface area contributed by atoms with Crippen LogP contribution in [0.25, 0.3) is 10.9 Å². The van der Waals surface area contributed by atoms with Crippen LogP contribution in [-0.4, -0.2) is 4.98 Å². The summed E-state index contributed by atoms with van der Waals surface area (Å²) in [6, 6.07) is 12.5. The van der Waals surface area contributed by atoms with E-state index in [0.717, 1.165) is 16.5 Å². The van der Waals surface area contributed by atoms with Gasteiger partial charge in [0.05, 0.1) is 17.5 Å². The van der Waals surface area contributed by atoms with E-state index in [1.54, 1.807) is 0 Å². The molecule has 1 fully saturated rings. The molecule has 0 saturated heterocycles. The van der Waals surface area contributed by atoms with Crippen LogP contribution in [0.1, 0.15) is 24.3 Å². The Hall–Kier alpha value is -1.88. The average molecular weight is 208 g/mol. The lowest BCUT2D eigenvalue weighted by Crippen LogP contribution is -1.98. The van der Waals surface area contributed by atoms with Crippen LogP contribution in [-0.2, 0) is 0 Å². The molecule has 0 bridgehead atoms. The molecule has 78 valence electrons. The third-order valence-electron chi connectivity index (χ3n) is 3.20. The highest BCUT2D eigenvalue weighted by atomic mass is 14.7. The van der Waals surface area contributed by atoms with Gasteiger partial charge in [-0.25, -0.2) is 0 Å². The predicted octanol–water partition coefficient (Wildman–Crippen LogP) is 3.25. The van der Waals surface area contributed by atoms with E-state index in [1.807, 2.05) is 30.5 Å². The van der Waals surface area contributed by atoms with E-state index in [0.29, 0.717) is 5.92 Å². The third-order valence-corrected chi connectivity index (χ3v) is 3.20. The molecule has 0 amide bonds. The second-order valence-corrected chi connectivity index (χ2v) is 4.41. The Kier molecular flexibility index (Phi) is 2.11. The summed E-state index contributed by atoms with van der Waals surface area (Å²) in [5.41, 5.74) is 2.07. The molecule has 0 spiro atoms. The van der Waals surface area contributed by atoms with E-state index in [9.17, 15) is 5.26 Å². The van der Waals surface area contributed by atoms with Crippen LogP contribution in [0.5, 0.6) is 0 Å². The zero-order valence-corrected chi connectivity index (χ0v) is 8.93. The van der Waals surface area contributed by atoms with Crippen molar-refractivity contribution in [1.82, 2.24) is 4.98 Å². The molecule has 1 aromatic carbocycles. The van der Waals surface area contributed by atoms with Gasteiger partial charge in [0.1, 0.15) is 0 Å². The van der Waals surface area contributed by atoms with Crippen molar-refractivity contribution in [2.24, 2.45) is 5.92 Å². The first-order valence-corrected chi connectivity index (χ1v) is 5.63. The van der Waals surface area contributed by atoms with Crippen LogP contribution in [0.2, 0.25) is 0 Å². The van der Waals surface area contributed by atoms with Gasteiger partial charge in [-0.05, 0) is 36.5 Å². The van der Waals surface area contributed by atoms with Gasteiger partial charge >= 0.3 is 0 Å². The lowest BCUT2D eigenvalue weighted by atomic mass is 9.96.